The van der Waals surface area contributed by atoms with Crippen LogP contribution in [-0.4, -0.2) is 46.0 Å². The number of sulfonamides is 1. The molecule has 0 saturated carbocycles. The minimum Gasteiger partial charge on any atom is -0.443 e. The standard InChI is InChI=1S/C24H18F4N4O4S/c25-16-2-5-21-15(9-16)10-23(36-21)37(34,35)32-8-7-19(32)20(33)4-3-17-11-18(31-13-30-17)14-1-6-22(29-12-14)24(26,27)28/h1-2,5-6,9-13,19H,3-4,7-8H2. The van der Waals surface area contributed by atoms with Crippen LogP contribution in [0.1, 0.15) is 24.2 Å². The van der Waals surface area contributed by atoms with Gasteiger partial charge in [-0.1, -0.05) is 0 Å². The van der Waals surface area contributed by atoms with E-state index in [-0.39, 0.29) is 35.8 Å². The number of hydrogen-bond donors (Lipinski definition) is 0. The zero-order valence-corrected chi connectivity index (χ0v) is 19.8. The summed E-state index contributed by atoms with van der Waals surface area (Å²) in [7, 11) is -4.10. The Morgan fingerprint density at radius 1 is 1.08 bits per heavy atom. The number of furan rings is 1. The van der Waals surface area contributed by atoms with Crippen molar-refractivity contribution in [2.24, 2.45) is 0 Å². The van der Waals surface area contributed by atoms with Crippen LogP contribution in [0.25, 0.3) is 22.2 Å². The highest BCUT2D eigenvalue weighted by molar-refractivity contribution is 7.89. The number of aromatic nitrogens is 3. The highest BCUT2D eigenvalue weighted by Crippen LogP contribution is 2.32. The molecule has 0 spiro atoms. The number of carbonyl (C=O) groups is 1. The summed E-state index contributed by atoms with van der Waals surface area (Å²) in [6.07, 6.45) is -1.75. The fourth-order valence-electron chi connectivity index (χ4n) is 4.03. The molecule has 37 heavy (non-hydrogen) atoms. The summed E-state index contributed by atoms with van der Waals surface area (Å²) in [4.78, 5) is 24.4. The normalized spacial score (nSPS) is 16.6. The Hall–Kier alpha value is -3.71. The number of nitrogens with zero attached hydrogens (tertiary/aromatic N) is 4. The van der Waals surface area contributed by atoms with Crippen LogP contribution >= 0.6 is 0 Å². The second kappa shape index (κ2) is 9.30. The van der Waals surface area contributed by atoms with Gasteiger partial charge in [0.05, 0.1) is 11.7 Å². The summed E-state index contributed by atoms with van der Waals surface area (Å²) in [5, 5.41) is -0.0685. The van der Waals surface area contributed by atoms with E-state index in [0.717, 1.165) is 28.7 Å². The molecule has 4 aromatic rings. The van der Waals surface area contributed by atoms with Gasteiger partial charge in [-0.25, -0.2) is 22.8 Å². The van der Waals surface area contributed by atoms with Gasteiger partial charge in [-0.05, 0) is 49.2 Å². The van der Waals surface area contributed by atoms with Crippen molar-refractivity contribution >= 4 is 26.8 Å². The van der Waals surface area contributed by atoms with Gasteiger partial charge in [-0.3, -0.25) is 9.78 Å². The lowest BCUT2D eigenvalue weighted by molar-refractivity contribution is -0.141. The van der Waals surface area contributed by atoms with Gasteiger partial charge in [0.25, 0.3) is 10.0 Å². The molecule has 3 aromatic heterocycles. The number of aryl methyl sites for hydroxylation is 1. The molecule has 1 unspecified atom stereocenters. The fourth-order valence-corrected chi connectivity index (χ4v) is 5.63. The zero-order valence-electron chi connectivity index (χ0n) is 18.9. The molecular weight excluding hydrogens is 516 g/mol. The van der Waals surface area contributed by atoms with Gasteiger partial charge in [0, 0.05) is 41.9 Å². The molecule has 5 rings (SSSR count). The van der Waals surface area contributed by atoms with Crippen molar-refractivity contribution in [1.29, 1.82) is 0 Å². The average Bonchev–Trinajstić information content (AvgIpc) is 3.26. The third-order valence-electron chi connectivity index (χ3n) is 6.06. The van der Waals surface area contributed by atoms with Gasteiger partial charge < -0.3 is 4.42 Å². The van der Waals surface area contributed by atoms with E-state index in [2.05, 4.69) is 15.0 Å². The predicted octanol–water partition coefficient (Wildman–Crippen LogP) is 4.41. The molecule has 1 aliphatic heterocycles. The van der Waals surface area contributed by atoms with Crippen LogP contribution in [0.3, 0.4) is 0 Å². The zero-order chi connectivity index (χ0) is 26.4. The first-order chi connectivity index (χ1) is 17.5. The lowest BCUT2D eigenvalue weighted by atomic mass is 9.98. The number of benzene rings is 1. The monoisotopic (exact) mass is 534 g/mol. The van der Waals surface area contributed by atoms with Crippen molar-refractivity contribution in [3.05, 3.63) is 72.2 Å². The van der Waals surface area contributed by atoms with Gasteiger partial charge >= 0.3 is 6.18 Å². The minimum absolute atomic E-state index is 0.0102. The smallest absolute Gasteiger partial charge is 0.433 e. The first kappa shape index (κ1) is 25.0. The van der Waals surface area contributed by atoms with E-state index in [1.807, 2.05) is 0 Å². The highest BCUT2D eigenvalue weighted by Gasteiger charge is 2.43. The van der Waals surface area contributed by atoms with Crippen LogP contribution < -0.4 is 0 Å². The van der Waals surface area contributed by atoms with E-state index >= 15 is 0 Å². The van der Waals surface area contributed by atoms with Gasteiger partial charge in [0.15, 0.2) is 5.78 Å². The Morgan fingerprint density at radius 3 is 2.57 bits per heavy atom. The first-order valence-corrected chi connectivity index (χ1v) is 12.5. The van der Waals surface area contributed by atoms with Crippen molar-refractivity contribution in [1.82, 2.24) is 19.3 Å². The molecule has 4 heterocycles. The summed E-state index contributed by atoms with van der Waals surface area (Å²) in [5.41, 5.74) is 0.348. The van der Waals surface area contributed by atoms with Crippen LogP contribution in [0.5, 0.6) is 0 Å². The van der Waals surface area contributed by atoms with Gasteiger partial charge in [0.1, 0.15) is 23.4 Å². The quantitative estimate of drug-likeness (QED) is 0.324. The number of fused-ring (bicyclic) bond motifs is 1. The first-order valence-electron chi connectivity index (χ1n) is 11.1. The largest absolute Gasteiger partial charge is 0.443 e. The average molecular weight is 534 g/mol. The summed E-state index contributed by atoms with van der Waals surface area (Å²) in [5.74, 6) is -0.843. The molecule has 0 N–H and O–H groups in total. The molecule has 1 atom stereocenters. The molecular formula is C24H18F4N4O4S. The van der Waals surface area contributed by atoms with Gasteiger partial charge in [-0.15, -0.1) is 0 Å². The molecule has 1 saturated heterocycles. The molecule has 0 aliphatic carbocycles. The maximum Gasteiger partial charge on any atom is 0.433 e. The van der Waals surface area contributed by atoms with Crippen molar-refractivity contribution < 1.29 is 35.2 Å². The predicted molar refractivity (Wildman–Crippen MR) is 122 cm³/mol. The van der Waals surface area contributed by atoms with Crippen LogP contribution in [0, 0.1) is 5.82 Å². The minimum atomic E-state index is -4.55. The van der Waals surface area contributed by atoms with Crippen molar-refractivity contribution in [3.8, 4) is 11.3 Å². The summed E-state index contributed by atoms with van der Waals surface area (Å²) in [6.45, 7) is 0.142. The Kier molecular flexibility index (Phi) is 6.28. The molecule has 0 amide bonds. The van der Waals surface area contributed by atoms with Crippen molar-refractivity contribution in [3.63, 3.8) is 0 Å². The van der Waals surface area contributed by atoms with Crippen molar-refractivity contribution in [2.45, 2.75) is 36.6 Å². The SMILES string of the molecule is O=C(CCc1cc(-c2ccc(C(F)(F)F)nc2)ncn1)C1CCN1S(=O)(=O)c1cc2cc(F)ccc2o1. The van der Waals surface area contributed by atoms with Crippen molar-refractivity contribution in [2.75, 3.05) is 6.54 Å². The van der Waals surface area contributed by atoms with E-state index in [9.17, 15) is 30.8 Å². The van der Waals surface area contributed by atoms with Crippen LogP contribution in [0.2, 0.25) is 0 Å². The number of rotatable bonds is 7. The lowest BCUT2D eigenvalue weighted by Gasteiger charge is -2.37. The van der Waals surface area contributed by atoms with E-state index in [1.165, 1.54) is 24.5 Å². The number of hydrogen-bond acceptors (Lipinski definition) is 7. The van der Waals surface area contributed by atoms with Crippen LogP contribution in [0.4, 0.5) is 17.6 Å². The summed E-state index contributed by atoms with van der Waals surface area (Å²) < 4.78 is 84.2. The molecule has 0 radical (unpaired) electrons. The Morgan fingerprint density at radius 2 is 1.89 bits per heavy atom. The molecule has 0 bridgehead atoms. The number of halogens is 4. The maximum atomic E-state index is 13.5. The molecule has 192 valence electrons. The van der Waals surface area contributed by atoms with E-state index in [4.69, 9.17) is 4.42 Å². The number of pyridine rings is 1. The third-order valence-corrected chi connectivity index (χ3v) is 7.83. The van der Waals surface area contributed by atoms with E-state index < -0.39 is 33.8 Å². The molecule has 1 aliphatic rings. The van der Waals surface area contributed by atoms with Crippen LogP contribution in [-0.2, 0) is 27.4 Å². The lowest BCUT2D eigenvalue weighted by Crippen LogP contribution is -2.54. The summed E-state index contributed by atoms with van der Waals surface area (Å²) in [6, 6.07) is 7.65. The molecule has 13 heteroatoms. The molecule has 8 nitrogen and oxygen atoms in total. The second-order valence-electron chi connectivity index (χ2n) is 8.46. The number of alkyl halides is 3. The van der Waals surface area contributed by atoms with E-state index in [0.29, 0.717) is 28.8 Å². The number of carbonyl (C=O) groups excluding carboxylic acids is 1. The molecule has 1 fully saturated rings. The Bertz CT molecular complexity index is 1590. The van der Waals surface area contributed by atoms with Crippen LogP contribution in [0.15, 0.2) is 64.5 Å². The number of ketones is 1. The van der Waals surface area contributed by atoms with Gasteiger partial charge in [0.2, 0.25) is 5.09 Å². The fraction of sp³-hybridized carbons (Fsp3) is 0.250. The molecule has 1 aromatic carbocycles. The number of Topliss-reactive ketones (excluding diaryl/α,β-unsaturated/α-hetero) is 1. The highest BCUT2D eigenvalue weighted by atomic mass is 32.2. The third kappa shape index (κ3) is 4.96. The topological polar surface area (TPSA) is 106 Å². The maximum absolute atomic E-state index is 13.5. The van der Waals surface area contributed by atoms with Gasteiger partial charge in [-0.2, -0.15) is 17.5 Å². The second-order valence-corrected chi connectivity index (χ2v) is 10.3. The Balaban J connectivity index is 1.25. The van der Waals surface area contributed by atoms with E-state index in [1.54, 1.807) is 6.07 Å². The Labute approximate surface area is 208 Å². The summed E-state index contributed by atoms with van der Waals surface area (Å²) >= 11 is 0.